The van der Waals surface area contributed by atoms with E-state index < -0.39 is 22.0 Å². The molecule has 1 atom stereocenters. The molecular weight excluding hydrogens is 423 g/mol. The first-order valence-electron chi connectivity index (χ1n) is 8.22. The van der Waals surface area contributed by atoms with E-state index in [-0.39, 0.29) is 15.7 Å². The Labute approximate surface area is 174 Å². The highest BCUT2D eigenvalue weighted by atomic mass is 35.5. The molecule has 1 N–H and O–H groups in total. The van der Waals surface area contributed by atoms with E-state index in [2.05, 4.69) is 11.9 Å². The smallest absolute Gasteiger partial charge is 0.247 e. The Kier molecular flexibility index (Phi) is 7.35. The van der Waals surface area contributed by atoms with Crippen LogP contribution in [0.1, 0.15) is 6.92 Å². The van der Waals surface area contributed by atoms with Crippen molar-refractivity contribution in [1.82, 2.24) is 0 Å². The number of hydrogen-bond acceptors (Lipinski definition) is 4. The molecule has 0 aromatic heterocycles. The lowest BCUT2D eigenvalue weighted by atomic mass is 10.2. The zero-order chi connectivity index (χ0) is 20.9. The molecule has 2 aromatic rings. The van der Waals surface area contributed by atoms with E-state index in [4.69, 9.17) is 27.9 Å². The SMILES string of the molecule is C=CCOc1cccc(NC(=O)[C@H](C)N(c2ccc(Cl)c(Cl)c2)S(C)(=O)=O)c1. The Bertz CT molecular complexity index is 980. The number of carbonyl (C=O) groups excluding carboxylic acids is 1. The number of carbonyl (C=O) groups is 1. The predicted molar refractivity (Wildman–Crippen MR) is 114 cm³/mol. The van der Waals surface area contributed by atoms with Crippen molar-refractivity contribution in [2.24, 2.45) is 0 Å². The topological polar surface area (TPSA) is 75.7 Å². The summed E-state index contributed by atoms with van der Waals surface area (Å²) in [7, 11) is -3.77. The van der Waals surface area contributed by atoms with Crippen molar-refractivity contribution in [3.63, 3.8) is 0 Å². The molecule has 150 valence electrons. The first-order valence-corrected chi connectivity index (χ1v) is 10.8. The summed E-state index contributed by atoms with van der Waals surface area (Å²) in [5.41, 5.74) is 0.712. The first kappa shape index (κ1) is 22.1. The third-order valence-corrected chi connectivity index (χ3v) is 5.70. The molecule has 2 rings (SSSR count). The monoisotopic (exact) mass is 442 g/mol. The van der Waals surface area contributed by atoms with Gasteiger partial charge in [-0.3, -0.25) is 9.10 Å². The fourth-order valence-corrected chi connectivity index (χ4v) is 3.96. The highest BCUT2D eigenvalue weighted by molar-refractivity contribution is 7.92. The Morgan fingerprint density at radius 1 is 1.25 bits per heavy atom. The maximum atomic E-state index is 12.7. The Balaban J connectivity index is 2.27. The van der Waals surface area contributed by atoms with Gasteiger partial charge in [0, 0.05) is 11.8 Å². The lowest BCUT2D eigenvalue weighted by Gasteiger charge is -2.28. The summed E-state index contributed by atoms with van der Waals surface area (Å²) in [6.45, 7) is 5.39. The summed E-state index contributed by atoms with van der Waals surface area (Å²) in [5, 5.41) is 3.17. The predicted octanol–water partition coefficient (Wildman–Crippen LogP) is 4.35. The summed E-state index contributed by atoms with van der Waals surface area (Å²) < 4.78 is 31.1. The Morgan fingerprint density at radius 3 is 2.57 bits per heavy atom. The number of anilines is 2. The number of rotatable bonds is 8. The molecule has 0 spiro atoms. The number of sulfonamides is 1. The minimum Gasteiger partial charge on any atom is -0.489 e. The van der Waals surface area contributed by atoms with Crippen LogP contribution in [-0.4, -0.2) is 33.2 Å². The van der Waals surface area contributed by atoms with Gasteiger partial charge in [0.2, 0.25) is 15.9 Å². The van der Waals surface area contributed by atoms with Gasteiger partial charge in [0.1, 0.15) is 18.4 Å². The average Bonchev–Trinajstić information content (AvgIpc) is 2.62. The Morgan fingerprint density at radius 2 is 1.96 bits per heavy atom. The number of ether oxygens (including phenoxy) is 1. The van der Waals surface area contributed by atoms with Crippen molar-refractivity contribution in [3.05, 3.63) is 65.2 Å². The fourth-order valence-electron chi connectivity index (χ4n) is 2.50. The van der Waals surface area contributed by atoms with Crippen LogP contribution in [0, 0.1) is 0 Å². The number of halogens is 2. The lowest BCUT2D eigenvalue weighted by molar-refractivity contribution is -0.116. The molecule has 0 saturated carbocycles. The summed E-state index contributed by atoms with van der Waals surface area (Å²) in [6.07, 6.45) is 2.62. The second-order valence-corrected chi connectivity index (χ2v) is 8.62. The van der Waals surface area contributed by atoms with Crippen LogP contribution in [0.5, 0.6) is 5.75 Å². The molecule has 0 radical (unpaired) electrons. The maximum absolute atomic E-state index is 12.7. The second-order valence-electron chi connectivity index (χ2n) is 5.95. The van der Waals surface area contributed by atoms with Crippen LogP contribution in [0.3, 0.4) is 0 Å². The molecule has 0 fully saturated rings. The van der Waals surface area contributed by atoms with Gasteiger partial charge in [0.15, 0.2) is 0 Å². The van der Waals surface area contributed by atoms with E-state index in [1.165, 1.54) is 25.1 Å². The van der Waals surface area contributed by atoms with Gasteiger partial charge in [0.25, 0.3) is 0 Å². The van der Waals surface area contributed by atoms with Gasteiger partial charge in [-0.05, 0) is 37.3 Å². The van der Waals surface area contributed by atoms with E-state index in [9.17, 15) is 13.2 Å². The Hall–Kier alpha value is -2.22. The van der Waals surface area contributed by atoms with E-state index in [1.54, 1.807) is 30.3 Å². The maximum Gasteiger partial charge on any atom is 0.247 e. The van der Waals surface area contributed by atoms with Gasteiger partial charge >= 0.3 is 0 Å². The minimum absolute atomic E-state index is 0.187. The molecule has 0 aliphatic heterocycles. The number of benzene rings is 2. The van der Waals surface area contributed by atoms with Crippen molar-refractivity contribution in [1.29, 1.82) is 0 Å². The van der Waals surface area contributed by atoms with Crippen molar-refractivity contribution in [2.45, 2.75) is 13.0 Å². The van der Waals surface area contributed by atoms with Gasteiger partial charge in [-0.2, -0.15) is 0 Å². The van der Waals surface area contributed by atoms with Gasteiger partial charge in [0.05, 0.1) is 22.0 Å². The standard InChI is InChI=1S/C19H20Cl2N2O4S/c1-4-10-27-16-7-5-6-14(11-16)22-19(24)13(2)23(28(3,25)26)15-8-9-17(20)18(21)12-15/h4-9,11-13H,1,10H2,2-3H3,(H,22,24)/t13-/m0/s1. The molecule has 0 aliphatic rings. The third kappa shape index (κ3) is 5.64. The number of nitrogens with zero attached hydrogens (tertiary/aromatic N) is 1. The number of nitrogens with one attached hydrogen (secondary N) is 1. The van der Waals surface area contributed by atoms with Gasteiger partial charge in [-0.1, -0.05) is 41.9 Å². The molecule has 0 saturated heterocycles. The summed E-state index contributed by atoms with van der Waals surface area (Å²) in [6, 6.07) is 10.1. The zero-order valence-electron chi connectivity index (χ0n) is 15.4. The van der Waals surface area contributed by atoms with Gasteiger partial charge in [-0.25, -0.2) is 8.42 Å². The molecule has 2 aromatic carbocycles. The van der Waals surface area contributed by atoms with Crippen LogP contribution in [0.25, 0.3) is 0 Å². The molecule has 1 amide bonds. The molecule has 0 aliphatic carbocycles. The van der Waals surface area contributed by atoms with Crippen LogP contribution in [0.15, 0.2) is 55.1 Å². The van der Waals surface area contributed by atoms with Crippen LogP contribution < -0.4 is 14.4 Å². The summed E-state index contributed by atoms with van der Waals surface area (Å²) >= 11 is 11.9. The van der Waals surface area contributed by atoms with Crippen molar-refractivity contribution < 1.29 is 17.9 Å². The highest BCUT2D eigenvalue weighted by Gasteiger charge is 2.29. The quantitative estimate of drug-likeness (QED) is 0.616. The number of amides is 1. The average molecular weight is 443 g/mol. The lowest BCUT2D eigenvalue weighted by Crippen LogP contribution is -2.45. The van der Waals surface area contributed by atoms with Crippen molar-refractivity contribution in [2.75, 3.05) is 22.5 Å². The number of hydrogen-bond donors (Lipinski definition) is 1. The van der Waals surface area contributed by atoms with Crippen LogP contribution >= 0.6 is 23.2 Å². The molecule has 28 heavy (non-hydrogen) atoms. The van der Waals surface area contributed by atoms with Crippen LogP contribution in [0.2, 0.25) is 10.0 Å². The molecule has 0 heterocycles. The zero-order valence-corrected chi connectivity index (χ0v) is 17.7. The van der Waals surface area contributed by atoms with Crippen LogP contribution in [0.4, 0.5) is 11.4 Å². The van der Waals surface area contributed by atoms with E-state index in [1.807, 2.05) is 0 Å². The normalized spacial score (nSPS) is 12.1. The molecule has 9 heteroatoms. The highest BCUT2D eigenvalue weighted by Crippen LogP contribution is 2.30. The third-order valence-electron chi connectivity index (χ3n) is 3.72. The first-order chi connectivity index (χ1) is 13.1. The largest absolute Gasteiger partial charge is 0.489 e. The summed E-state index contributed by atoms with van der Waals surface area (Å²) in [5.74, 6) is 0.0344. The molecular formula is C19H20Cl2N2O4S. The molecule has 0 bridgehead atoms. The van der Waals surface area contributed by atoms with E-state index >= 15 is 0 Å². The van der Waals surface area contributed by atoms with E-state index in [0.717, 1.165) is 10.6 Å². The summed E-state index contributed by atoms with van der Waals surface area (Å²) in [4.78, 5) is 12.7. The molecule has 6 nitrogen and oxygen atoms in total. The van der Waals surface area contributed by atoms with E-state index in [0.29, 0.717) is 18.0 Å². The van der Waals surface area contributed by atoms with Crippen LogP contribution in [-0.2, 0) is 14.8 Å². The molecule has 0 unspecified atom stereocenters. The second kappa shape index (κ2) is 9.32. The van der Waals surface area contributed by atoms with Crippen molar-refractivity contribution in [3.8, 4) is 5.75 Å². The van der Waals surface area contributed by atoms with Gasteiger partial charge in [-0.15, -0.1) is 0 Å². The fraction of sp³-hybridized carbons (Fsp3) is 0.211. The minimum atomic E-state index is -3.77. The van der Waals surface area contributed by atoms with Gasteiger partial charge < -0.3 is 10.1 Å². The van der Waals surface area contributed by atoms with Crippen molar-refractivity contribution >= 4 is 50.5 Å².